The van der Waals surface area contributed by atoms with Crippen molar-refractivity contribution in [2.45, 2.75) is 37.9 Å². The number of hydrogen-bond acceptors (Lipinski definition) is 3. The molecule has 0 aliphatic carbocycles. The second kappa shape index (κ2) is 7.35. The predicted molar refractivity (Wildman–Crippen MR) is 67.7 cm³/mol. The summed E-state index contributed by atoms with van der Waals surface area (Å²) in [6.45, 7) is 0. The van der Waals surface area contributed by atoms with Crippen molar-refractivity contribution in [3.05, 3.63) is 29.8 Å². The third kappa shape index (κ3) is 5.94. The van der Waals surface area contributed by atoms with E-state index >= 15 is 0 Å². The van der Waals surface area contributed by atoms with Gasteiger partial charge in [0.25, 0.3) is 0 Å². The standard InChI is InChI=1S/C13H19F3N2O/c1-19-12-7-3-2-5-10(12)9-11(18-17)6-4-8-13(14,15)16/h2-3,5,7,11,18H,4,6,8-9,17H2,1H3. The lowest BCUT2D eigenvalue weighted by Gasteiger charge is -2.18. The number of rotatable bonds is 7. The third-order valence-corrected chi connectivity index (χ3v) is 2.91. The first-order chi connectivity index (χ1) is 8.96. The number of para-hydroxylation sites is 1. The van der Waals surface area contributed by atoms with Gasteiger partial charge >= 0.3 is 6.18 Å². The zero-order valence-corrected chi connectivity index (χ0v) is 10.8. The van der Waals surface area contributed by atoms with E-state index in [4.69, 9.17) is 10.6 Å². The van der Waals surface area contributed by atoms with Crippen LogP contribution in [0.1, 0.15) is 24.8 Å². The number of nitrogens with one attached hydrogen (secondary N) is 1. The molecule has 19 heavy (non-hydrogen) atoms. The molecule has 0 bridgehead atoms. The van der Waals surface area contributed by atoms with E-state index in [0.29, 0.717) is 12.8 Å². The van der Waals surface area contributed by atoms with Crippen LogP contribution in [0.2, 0.25) is 0 Å². The smallest absolute Gasteiger partial charge is 0.389 e. The quantitative estimate of drug-likeness (QED) is 0.594. The molecule has 0 heterocycles. The van der Waals surface area contributed by atoms with E-state index in [-0.39, 0.29) is 12.5 Å². The lowest BCUT2D eigenvalue weighted by molar-refractivity contribution is -0.135. The summed E-state index contributed by atoms with van der Waals surface area (Å²) in [7, 11) is 1.56. The second-order valence-electron chi connectivity index (χ2n) is 4.39. The SMILES string of the molecule is COc1ccccc1CC(CCCC(F)(F)F)NN. The van der Waals surface area contributed by atoms with Gasteiger partial charge in [-0.2, -0.15) is 13.2 Å². The summed E-state index contributed by atoms with van der Waals surface area (Å²) in [6, 6.07) is 7.21. The fraction of sp³-hybridized carbons (Fsp3) is 0.538. The Morgan fingerprint density at radius 1 is 1.32 bits per heavy atom. The average Bonchev–Trinajstić information content (AvgIpc) is 2.36. The number of halogens is 3. The summed E-state index contributed by atoms with van der Waals surface area (Å²) in [6.07, 6.45) is -3.92. The van der Waals surface area contributed by atoms with Crippen LogP contribution in [0.3, 0.4) is 0 Å². The second-order valence-corrected chi connectivity index (χ2v) is 4.39. The maximum Gasteiger partial charge on any atom is 0.389 e. The molecule has 6 heteroatoms. The highest BCUT2D eigenvalue weighted by molar-refractivity contribution is 5.33. The van der Waals surface area contributed by atoms with Crippen molar-refractivity contribution in [1.29, 1.82) is 0 Å². The highest BCUT2D eigenvalue weighted by atomic mass is 19.4. The minimum absolute atomic E-state index is 0.0630. The predicted octanol–water partition coefficient (Wildman–Crippen LogP) is 2.80. The molecule has 0 spiro atoms. The Bertz CT molecular complexity index is 382. The summed E-state index contributed by atoms with van der Waals surface area (Å²) in [5, 5.41) is 0. The molecule has 0 radical (unpaired) electrons. The Labute approximate surface area is 110 Å². The molecule has 0 aliphatic rings. The Morgan fingerprint density at radius 3 is 2.58 bits per heavy atom. The largest absolute Gasteiger partial charge is 0.496 e. The molecular weight excluding hydrogens is 257 g/mol. The maximum atomic E-state index is 12.1. The van der Waals surface area contributed by atoms with E-state index in [0.717, 1.165) is 11.3 Å². The number of alkyl halides is 3. The van der Waals surface area contributed by atoms with Crippen molar-refractivity contribution < 1.29 is 17.9 Å². The van der Waals surface area contributed by atoms with Crippen LogP contribution in [-0.4, -0.2) is 19.3 Å². The molecule has 1 aromatic rings. The molecule has 0 saturated carbocycles. The Hall–Kier alpha value is -1.27. The van der Waals surface area contributed by atoms with Gasteiger partial charge in [0.1, 0.15) is 5.75 Å². The van der Waals surface area contributed by atoms with Gasteiger partial charge in [-0.05, 0) is 30.9 Å². The number of benzene rings is 1. The third-order valence-electron chi connectivity index (χ3n) is 2.91. The van der Waals surface area contributed by atoms with E-state index < -0.39 is 12.6 Å². The van der Waals surface area contributed by atoms with Crippen molar-refractivity contribution >= 4 is 0 Å². The van der Waals surface area contributed by atoms with Gasteiger partial charge in [0.05, 0.1) is 7.11 Å². The number of ether oxygens (including phenoxy) is 1. The zero-order valence-electron chi connectivity index (χ0n) is 10.8. The molecule has 0 saturated heterocycles. The molecule has 1 aromatic carbocycles. The highest BCUT2D eigenvalue weighted by Crippen LogP contribution is 2.24. The fourth-order valence-electron chi connectivity index (χ4n) is 1.93. The highest BCUT2D eigenvalue weighted by Gasteiger charge is 2.26. The van der Waals surface area contributed by atoms with Crippen LogP contribution in [0, 0.1) is 0 Å². The van der Waals surface area contributed by atoms with Crippen LogP contribution in [0.5, 0.6) is 5.75 Å². The number of methoxy groups -OCH3 is 1. The molecule has 0 fully saturated rings. The van der Waals surface area contributed by atoms with Crippen LogP contribution in [-0.2, 0) is 6.42 Å². The molecule has 1 unspecified atom stereocenters. The number of hydrogen-bond donors (Lipinski definition) is 2. The zero-order chi connectivity index (χ0) is 14.3. The summed E-state index contributed by atoms with van der Waals surface area (Å²) in [5.41, 5.74) is 3.50. The van der Waals surface area contributed by atoms with Gasteiger partial charge in [-0.3, -0.25) is 11.3 Å². The van der Waals surface area contributed by atoms with Crippen LogP contribution in [0.25, 0.3) is 0 Å². The maximum absolute atomic E-state index is 12.1. The van der Waals surface area contributed by atoms with Crippen molar-refractivity contribution in [2.24, 2.45) is 5.84 Å². The minimum atomic E-state index is -4.11. The molecule has 0 aromatic heterocycles. The topological polar surface area (TPSA) is 47.3 Å². The summed E-state index contributed by atoms with van der Waals surface area (Å²) in [4.78, 5) is 0. The van der Waals surface area contributed by atoms with Crippen molar-refractivity contribution in [3.63, 3.8) is 0 Å². The lowest BCUT2D eigenvalue weighted by atomic mass is 10.0. The molecule has 1 rings (SSSR count). The van der Waals surface area contributed by atoms with Gasteiger partial charge in [-0.15, -0.1) is 0 Å². The molecule has 0 amide bonds. The molecular formula is C13H19F3N2O. The van der Waals surface area contributed by atoms with E-state index in [1.54, 1.807) is 7.11 Å². The van der Waals surface area contributed by atoms with Gasteiger partial charge in [-0.25, -0.2) is 0 Å². The molecule has 1 atom stereocenters. The monoisotopic (exact) mass is 276 g/mol. The normalized spacial score (nSPS) is 13.3. The van der Waals surface area contributed by atoms with E-state index in [1.165, 1.54) is 0 Å². The van der Waals surface area contributed by atoms with Crippen molar-refractivity contribution in [2.75, 3.05) is 7.11 Å². The van der Waals surface area contributed by atoms with Crippen LogP contribution >= 0.6 is 0 Å². The van der Waals surface area contributed by atoms with Crippen LogP contribution in [0.15, 0.2) is 24.3 Å². The van der Waals surface area contributed by atoms with Gasteiger partial charge in [0.2, 0.25) is 0 Å². The Kier molecular flexibility index (Phi) is 6.11. The van der Waals surface area contributed by atoms with Gasteiger partial charge in [-0.1, -0.05) is 18.2 Å². The number of nitrogens with two attached hydrogens (primary N) is 1. The Morgan fingerprint density at radius 2 is 2.00 bits per heavy atom. The van der Waals surface area contributed by atoms with Crippen LogP contribution in [0.4, 0.5) is 13.2 Å². The summed E-state index contributed by atoms with van der Waals surface area (Å²) in [5.74, 6) is 6.11. The van der Waals surface area contributed by atoms with Gasteiger partial charge in [0.15, 0.2) is 0 Å². The lowest BCUT2D eigenvalue weighted by Crippen LogP contribution is -2.37. The first kappa shape index (κ1) is 15.8. The van der Waals surface area contributed by atoms with E-state index in [2.05, 4.69) is 5.43 Å². The minimum Gasteiger partial charge on any atom is -0.496 e. The first-order valence-corrected chi connectivity index (χ1v) is 6.11. The van der Waals surface area contributed by atoms with Crippen molar-refractivity contribution in [1.82, 2.24) is 5.43 Å². The van der Waals surface area contributed by atoms with E-state index in [1.807, 2.05) is 24.3 Å². The summed E-state index contributed by atoms with van der Waals surface area (Å²) >= 11 is 0. The van der Waals surface area contributed by atoms with Gasteiger partial charge in [0, 0.05) is 12.5 Å². The van der Waals surface area contributed by atoms with E-state index in [9.17, 15) is 13.2 Å². The fourth-order valence-corrected chi connectivity index (χ4v) is 1.93. The average molecular weight is 276 g/mol. The molecule has 3 N–H and O–H groups in total. The number of hydrazine groups is 1. The summed E-state index contributed by atoms with van der Waals surface area (Å²) < 4.78 is 41.5. The molecule has 0 aliphatic heterocycles. The molecule has 108 valence electrons. The van der Waals surface area contributed by atoms with Crippen LogP contribution < -0.4 is 16.0 Å². The van der Waals surface area contributed by atoms with Crippen molar-refractivity contribution in [3.8, 4) is 5.75 Å². The molecule has 3 nitrogen and oxygen atoms in total. The first-order valence-electron chi connectivity index (χ1n) is 6.11. The Balaban J connectivity index is 2.52. The van der Waals surface area contributed by atoms with Gasteiger partial charge < -0.3 is 4.74 Å².